The van der Waals surface area contributed by atoms with Crippen LogP contribution in [-0.4, -0.2) is 39.2 Å². The molecule has 2 aromatic carbocycles. The summed E-state index contributed by atoms with van der Waals surface area (Å²) in [5.41, 5.74) is 4.28. The fourth-order valence-corrected chi connectivity index (χ4v) is 5.18. The van der Waals surface area contributed by atoms with Gasteiger partial charge in [0.1, 0.15) is 5.75 Å². The van der Waals surface area contributed by atoms with Gasteiger partial charge >= 0.3 is 5.97 Å². The predicted octanol–water partition coefficient (Wildman–Crippen LogP) is 5.03. The Labute approximate surface area is 212 Å². The fraction of sp³-hybridized carbons (Fsp3) is 0.379. The smallest absolute Gasteiger partial charge is 0.337 e. The van der Waals surface area contributed by atoms with Crippen LogP contribution in [0.25, 0.3) is 0 Å². The maximum Gasteiger partial charge on any atom is 0.337 e. The van der Waals surface area contributed by atoms with Crippen molar-refractivity contribution in [1.29, 1.82) is 0 Å². The minimum absolute atomic E-state index is 0.0122. The first-order chi connectivity index (χ1) is 17.3. The van der Waals surface area contributed by atoms with Gasteiger partial charge in [-0.05, 0) is 56.5 Å². The lowest BCUT2D eigenvalue weighted by molar-refractivity contribution is -0.143. The SMILES string of the molecule is COc1ccc([C@H]2C(C(=O)OC(C)C)=C(C)NC3=C2C(=O)C[C@@H](c2ccccc2OC)C3)cc1OC. The summed E-state index contributed by atoms with van der Waals surface area (Å²) in [6.45, 7) is 5.47. The van der Waals surface area contributed by atoms with Crippen LogP contribution >= 0.6 is 0 Å². The van der Waals surface area contributed by atoms with Gasteiger partial charge in [0, 0.05) is 35.2 Å². The van der Waals surface area contributed by atoms with E-state index in [0.717, 1.165) is 22.6 Å². The summed E-state index contributed by atoms with van der Waals surface area (Å²) in [5, 5.41) is 3.38. The van der Waals surface area contributed by atoms with Gasteiger partial charge in [-0.1, -0.05) is 24.3 Å². The zero-order chi connectivity index (χ0) is 26.0. The molecule has 0 aromatic heterocycles. The summed E-state index contributed by atoms with van der Waals surface area (Å²) in [6, 6.07) is 13.3. The number of para-hydroxylation sites is 1. The summed E-state index contributed by atoms with van der Waals surface area (Å²) in [6.07, 6.45) is 0.641. The second-order valence-corrected chi connectivity index (χ2v) is 9.33. The molecule has 1 N–H and O–H groups in total. The molecule has 2 atom stereocenters. The number of Topliss-reactive ketones (excluding diaryl/α,β-unsaturated/α-hetero) is 1. The molecule has 0 amide bonds. The highest BCUT2D eigenvalue weighted by molar-refractivity contribution is 6.04. The number of allylic oxidation sites excluding steroid dienone is 3. The maximum absolute atomic E-state index is 13.8. The van der Waals surface area contributed by atoms with E-state index in [9.17, 15) is 9.59 Å². The van der Waals surface area contributed by atoms with Crippen LogP contribution in [0.1, 0.15) is 56.6 Å². The molecule has 7 nitrogen and oxygen atoms in total. The van der Waals surface area contributed by atoms with Crippen LogP contribution in [0.2, 0.25) is 0 Å². The summed E-state index contributed by atoms with van der Waals surface area (Å²) in [7, 11) is 4.77. The van der Waals surface area contributed by atoms with Crippen LogP contribution in [0, 0.1) is 0 Å². The Kier molecular flexibility index (Phi) is 7.38. The summed E-state index contributed by atoms with van der Waals surface area (Å²) >= 11 is 0. The van der Waals surface area contributed by atoms with Gasteiger partial charge in [0.05, 0.1) is 33.0 Å². The van der Waals surface area contributed by atoms with Gasteiger partial charge < -0.3 is 24.3 Å². The lowest BCUT2D eigenvalue weighted by atomic mass is 9.71. The Bertz CT molecular complexity index is 1240. The van der Waals surface area contributed by atoms with Gasteiger partial charge in [-0.15, -0.1) is 0 Å². The molecular weight excluding hydrogens is 458 g/mol. The third-order valence-electron chi connectivity index (χ3n) is 6.71. The minimum Gasteiger partial charge on any atom is -0.496 e. The number of hydrogen-bond donors (Lipinski definition) is 1. The normalized spacial score (nSPS) is 19.6. The fourth-order valence-electron chi connectivity index (χ4n) is 5.18. The number of methoxy groups -OCH3 is 3. The second kappa shape index (κ2) is 10.5. The van der Waals surface area contributed by atoms with E-state index in [1.807, 2.05) is 57.2 Å². The summed E-state index contributed by atoms with van der Waals surface area (Å²) in [5.74, 6) is 0.784. The van der Waals surface area contributed by atoms with E-state index in [4.69, 9.17) is 18.9 Å². The van der Waals surface area contributed by atoms with Crippen LogP contribution in [0.4, 0.5) is 0 Å². The van der Waals surface area contributed by atoms with Crippen LogP contribution in [0.15, 0.2) is 65.0 Å². The molecule has 4 rings (SSSR count). The Morgan fingerprint density at radius 3 is 2.31 bits per heavy atom. The van der Waals surface area contributed by atoms with Crippen molar-refractivity contribution in [3.8, 4) is 17.2 Å². The number of hydrogen-bond acceptors (Lipinski definition) is 7. The van der Waals surface area contributed by atoms with Gasteiger partial charge in [-0.25, -0.2) is 4.79 Å². The first-order valence-corrected chi connectivity index (χ1v) is 12.1. The Morgan fingerprint density at radius 2 is 1.64 bits per heavy atom. The molecule has 0 bridgehead atoms. The van der Waals surface area contributed by atoms with Crippen molar-refractivity contribution in [2.75, 3.05) is 21.3 Å². The number of dihydropyridines is 1. The number of rotatable bonds is 7. The largest absolute Gasteiger partial charge is 0.496 e. The quantitative estimate of drug-likeness (QED) is 0.544. The number of benzene rings is 2. The van der Waals surface area contributed by atoms with Crippen molar-refractivity contribution >= 4 is 11.8 Å². The van der Waals surface area contributed by atoms with E-state index in [-0.39, 0.29) is 17.8 Å². The van der Waals surface area contributed by atoms with E-state index in [1.165, 1.54) is 0 Å². The molecule has 0 fully saturated rings. The van der Waals surface area contributed by atoms with E-state index < -0.39 is 11.9 Å². The van der Waals surface area contributed by atoms with Gasteiger partial charge in [-0.3, -0.25) is 4.79 Å². The number of esters is 1. The molecule has 2 aliphatic rings. The molecule has 0 radical (unpaired) electrons. The number of carbonyl (C=O) groups excluding carboxylic acids is 2. The van der Waals surface area contributed by atoms with Gasteiger partial charge in [-0.2, -0.15) is 0 Å². The average Bonchev–Trinajstić information content (AvgIpc) is 2.86. The van der Waals surface area contributed by atoms with Crippen molar-refractivity contribution in [2.24, 2.45) is 0 Å². The van der Waals surface area contributed by atoms with E-state index in [0.29, 0.717) is 41.2 Å². The van der Waals surface area contributed by atoms with Crippen LogP contribution in [0.5, 0.6) is 17.2 Å². The summed E-state index contributed by atoms with van der Waals surface area (Å²) < 4.78 is 22.1. The zero-order valence-corrected chi connectivity index (χ0v) is 21.6. The predicted molar refractivity (Wildman–Crippen MR) is 136 cm³/mol. The Hall–Kier alpha value is -3.74. The number of ketones is 1. The van der Waals surface area contributed by atoms with E-state index in [1.54, 1.807) is 27.4 Å². The molecule has 36 heavy (non-hydrogen) atoms. The first-order valence-electron chi connectivity index (χ1n) is 12.1. The van der Waals surface area contributed by atoms with Crippen LogP contribution < -0.4 is 19.5 Å². The highest BCUT2D eigenvalue weighted by atomic mass is 16.5. The Balaban J connectivity index is 1.84. The van der Waals surface area contributed by atoms with Gasteiger partial charge in [0.2, 0.25) is 0 Å². The molecule has 1 aliphatic carbocycles. The molecular formula is C29H33NO6. The molecule has 7 heteroatoms. The molecule has 0 saturated heterocycles. The third kappa shape index (κ3) is 4.70. The van der Waals surface area contributed by atoms with E-state index >= 15 is 0 Å². The molecule has 1 heterocycles. The number of carbonyl (C=O) groups is 2. The highest BCUT2D eigenvalue weighted by Crippen LogP contribution is 2.48. The van der Waals surface area contributed by atoms with Crippen molar-refractivity contribution < 1.29 is 28.5 Å². The van der Waals surface area contributed by atoms with Crippen molar-refractivity contribution in [3.05, 3.63) is 76.1 Å². The molecule has 1 aliphatic heterocycles. The molecule has 0 spiro atoms. The summed E-state index contributed by atoms with van der Waals surface area (Å²) in [4.78, 5) is 27.1. The zero-order valence-electron chi connectivity index (χ0n) is 21.6. The number of nitrogens with one attached hydrogen (secondary N) is 1. The molecule has 190 valence electrons. The third-order valence-corrected chi connectivity index (χ3v) is 6.71. The minimum atomic E-state index is -0.585. The topological polar surface area (TPSA) is 83.1 Å². The molecule has 0 unspecified atom stereocenters. The highest BCUT2D eigenvalue weighted by Gasteiger charge is 2.42. The standard InChI is InChI=1S/C29H33NO6/c1-16(2)36-29(32)26-17(3)30-21-13-19(20-9-7-8-10-23(20)33-4)14-22(31)28(21)27(26)18-11-12-24(34-5)25(15-18)35-6/h7-12,15-16,19,27,30H,13-14H2,1-6H3/t19-,27-/m0/s1. The van der Waals surface area contributed by atoms with Gasteiger partial charge in [0.25, 0.3) is 0 Å². The lowest BCUT2D eigenvalue weighted by Crippen LogP contribution is -2.36. The molecule has 0 saturated carbocycles. The Morgan fingerprint density at radius 1 is 0.944 bits per heavy atom. The van der Waals surface area contributed by atoms with Crippen molar-refractivity contribution in [2.45, 2.75) is 51.6 Å². The van der Waals surface area contributed by atoms with Crippen LogP contribution in [-0.2, 0) is 14.3 Å². The van der Waals surface area contributed by atoms with Gasteiger partial charge in [0.15, 0.2) is 17.3 Å². The maximum atomic E-state index is 13.8. The number of ether oxygens (including phenoxy) is 4. The second-order valence-electron chi connectivity index (χ2n) is 9.33. The van der Waals surface area contributed by atoms with Crippen LogP contribution in [0.3, 0.4) is 0 Å². The average molecular weight is 492 g/mol. The van der Waals surface area contributed by atoms with E-state index in [2.05, 4.69) is 5.32 Å². The van der Waals surface area contributed by atoms with Crippen molar-refractivity contribution in [3.63, 3.8) is 0 Å². The van der Waals surface area contributed by atoms with Crippen molar-refractivity contribution in [1.82, 2.24) is 5.32 Å². The monoisotopic (exact) mass is 491 g/mol. The lowest BCUT2D eigenvalue weighted by Gasteiger charge is -2.37. The first kappa shape index (κ1) is 25.4. The molecule has 2 aromatic rings.